The van der Waals surface area contributed by atoms with Gasteiger partial charge in [-0.25, -0.2) is 0 Å². The number of benzene rings is 2. The number of amides is 2. The lowest BCUT2D eigenvalue weighted by Gasteiger charge is -2.32. The molecule has 0 atom stereocenters. The van der Waals surface area contributed by atoms with Gasteiger partial charge in [0.05, 0.1) is 46.1 Å². The van der Waals surface area contributed by atoms with Gasteiger partial charge in [-0.15, -0.1) is 0 Å². The Bertz CT molecular complexity index is 818. The number of ether oxygens (including phenoxy) is 2. The lowest BCUT2D eigenvalue weighted by atomic mass is 10.2. The first-order valence-corrected chi connectivity index (χ1v) is 9.30. The summed E-state index contributed by atoms with van der Waals surface area (Å²) in [4.78, 5) is 28.0. The minimum Gasteiger partial charge on any atom is -0.497 e. The molecule has 3 rings (SSSR count). The van der Waals surface area contributed by atoms with Gasteiger partial charge in [0.25, 0.3) is 11.8 Å². The van der Waals surface area contributed by atoms with Gasteiger partial charge < -0.3 is 24.6 Å². The Labute approximate surface area is 164 Å². The fourth-order valence-corrected chi connectivity index (χ4v) is 3.30. The first-order valence-electron chi connectivity index (χ1n) is 9.30. The summed E-state index contributed by atoms with van der Waals surface area (Å²) < 4.78 is 10.5. The molecule has 1 aliphatic rings. The zero-order chi connectivity index (χ0) is 19.9. The molecule has 28 heavy (non-hydrogen) atoms. The second kappa shape index (κ2) is 9.23. The van der Waals surface area contributed by atoms with Gasteiger partial charge in [-0.2, -0.15) is 0 Å². The molecule has 1 saturated heterocycles. The topological polar surface area (TPSA) is 72.3 Å². The molecular weight excluding hydrogens is 358 g/mol. The van der Waals surface area contributed by atoms with Crippen molar-refractivity contribution in [1.82, 2.24) is 4.90 Å². The quantitative estimate of drug-likeness (QED) is 0.769. The molecule has 1 heterocycles. The Morgan fingerprint density at radius 1 is 1.04 bits per heavy atom. The van der Waals surface area contributed by atoms with E-state index in [1.807, 2.05) is 35.2 Å². The summed E-state index contributed by atoms with van der Waals surface area (Å²) in [5.41, 5.74) is 1.29. The molecule has 148 valence electrons. The number of anilines is 1. The number of quaternary nitrogens is 1. The number of carbonyl (C=O) groups is 2. The van der Waals surface area contributed by atoms with Crippen LogP contribution in [0.25, 0.3) is 0 Å². The van der Waals surface area contributed by atoms with Crippen LogP contribution >= 0.6 is 0 Å². The number of nitrogens with one attached hydrogen (secondary N) is 2. The van der Waals surface area contributed by atoms with Crippen LogP contribution in [0.4, 0.5) is 5.69 Å². The standard InChI is InChI=1S/C21H25N3O4/c1-27-17-8-9-19(28-2)18(14-17)22-20(25)15-23-10-12-24(13-11-23)21(26)16-6-4-3-5-7-16/h3-9,14H,10-13,15H2,1-2H3,(H,22,25)/p+1. The van der Waals surface area contributed by atoms with Crippen LogP contribution in [0, 0.1) is 0 Å². The molecule has 0 unspecified atom stereocenters. The Balaban J connectivity index is 1.52. The third kappa shape index (κ3) is 4.80. The van der Waals surface area contributed by atoms with Gasteiger partial charge in [-0.05, 0) is 24.3 Å². The van der Waals surface area contributed by atoms with Gasteiger partial charge >= 0.3 is 0 Å². The third-order valence-electron chi connectivity index (χ3n) is 4.87. The molecule has 7 heteroatoms. The third-order valence-corrected chi connectivity index (χ3v) is 4.87. The maximum Gasteiger partial charge on any atom is 0.279 e. The van der Waals surface area contributed by atoms with E-state index in [0.717, 1.165) is 18.0 Å². The van der Waals surface area contributed by atoms with E-state index in [1.165, 1.54) is 0 Å². The van der Waals surface area contributed by atoms with Crippen LogP contribution in [0.3, 0.4) is 0 Å². The molecule has 0 radical (unpaired) electrons. The fourth-order valence-electron chi connectivity index (χ4n) is 3.30. The average Bonchev–Trinajstić information content (AvgIpc) is 2.74. The normalized spacial score (nSPS) is 14.4. The van der Waals surface area contributed by atoms with Gasteiger partial charge in [0, 0.05) is 11.6 Å². The second-order valence-corrected chi connectivity index (χ2v) is 6.70. The lowest BCUT2D eigenvalue weighted by molar-refractivity contribution is -0.895. The summed E-state index contributed by atoms with van der Waals surface area (Å²) in [5, 5.41) is 2.90. The number of hydrogen-bond acceptors (Lipinski definition) is 4. The molecule has 1 fully saturated rings. The molecule has 7 nitrogen and oxygen atoms in total. The van der Waals surface area contributed by atoms with Crippen molar-refractivity contribution < 1.29 is 24.0 Å². The monoisotopic (exact) mass is 384 g/mol. The maximum atomic E-state index is 12.5. The summed E-state index contributed by atoms with van der Waals surface area (Å²) in [6, 6.07) is 14.6. The molecule has 0 saturated carbocycles. The number of methoxy groups -OCH3 is 2. The van der Waals surface area contributed by atoms with Crippen molar-refractivity contribution in [2.75, 3.05) is 52.3 Å². The highest BCUT2D eigenvalue weighted by molar-refractivity contribution is 5.94. The van der Waals surface area contributed by atoms with Crippen LogP contribution in [-0.4, -0.2) is 63.7 Å². The van der Waals surface area contributed by atoms with Crippen molar-refractivity contribution in [2.45, 2.75) is 0 Å². The van der Waals surface area contributed by atoms with Crippen LogP contribution < -0.4 is 19.7 Å². The van der Waals surface area contributed by atoms with Gasteiger partial charge in [-0.1, -0.05) is 18.2 Å². The summed E-state index contributed by atoms with van der Waals surface area (Å²) in [5.74, 6) is 1.19. The predicted octanol–water partition coefficient (Wildman–Crippen LogP) is 0.683. The highest BCUT2D eigenvalue weighted by Crippen LogP contribution is 2.28. The van der Waals surface area contributed by atoms with Crippen molar-refractivity contribution in [3.05, 3.63) is 54.1 Å². The van der Waals surface area contributed by atoms with E-state index < -0.39 is 0 Å². The van der Waals surface area contributed by atoms with E-state index in [-0.39, 0.29) is 11.8 Å². The van der Waals surface area contributed by atoms with Crippen molar-refractivity contribution in [3.63, 3.8) is 0 Å². The average molecular weight is 384 g/mol. The van der Waals surface area contributed by atoms with Crippen LogP contribution in [0.1, 0.15) is 10.4 Å². The number of piperazine rings is 1. The van der Waals surface area contributed by atoms with E-state index in [2.05, 4.69) is 5.32 Å². The molecule has 0 bridgehead atoms. The van der Waals surface area contributed by atoms with Crippen LogP contribution in [-0.2, 0) is 4.79 Å². The number of hydrogen-bond donors (Lipinski definition) is 2. The number of carbonyl (C=O) groups excluding carboxylic acids is 2. The van der Waals surface area contributed by atoms with Crippen LogP contribution in [0.15, 0.2) is 48.5 Å². The Morgan fingerprint density at radius 2 is 1.75 bits per heavy atom. The highest BCUT2D eigenvalue weighted by atomic mass is 16.5. The number of nitrogens with zero attached hydrogens (tertiary/aromatic N) is 1. The van der Waals surface area contributed by atoms with Gasteiger partial charge in [0.15, 0.2) is 6.54 Å². The first-order chi connectivity index (χ1) is 13.6. The summed E-state index contributed by atoms with van der Waals surface area (Å²) >= 11 is 0. The predicted molar refractivity (Wildman–Crippen MR) is 106 cm³/mol. The molecule has 0 aliphatic carbocycles. The summed E-state index contributed by atoms with van der Waals surface area (Å²) in [6.07, 6.45) is 0. The van der Waals surface area contributed by atoms with E-state index in [1.54, 1.807) is 32.4 Å². The van der Waals surface area contributed by atoms with Gasteiger partial charge in [-0.3, -0.25) is 9.59 Å². The SMILES string of the molecule is COc1ccc(OC)c(NC(=O)C[NH+]2CCN(C(=O)c3ccccc3)CC2)c1. The number of rotatable bonds is 6. The molecule has 2 N–H and O–H groups in total. The van der Waals surface area contributed by atoms with Crippen molar-refractivity contribution in [3.8, 4) is 11.5 Å². The van der Waals surface area contributed by atoms with E-state index in [9.17, 15) is 9.59 Å². The zero-order valence-corrected chi connectivity index (χ0v) is 16.2. The van der Waals surface area contributed by atoms with Crippen molar-refractivity contribution in [1.29, 1.82) is 0 Å². The Hall–Kier alpha value is -3.06. The Morgan fingerprint density at radius 3 is 2.39 bits per heavy atom. The molecule has 0 spiro atoms. The minimum atomic E-state index is -0.0932. The van der Waals surface area contributed by atoms with Crippen LogP contribution in [0.5, 0.6) is 11.5 Å². The molecule has 2 amide bonds. The highest BCUT2D eigenvalue weighted by Gasteiger charge is 2.26. The summed E-state index contributed by atoms with van der Waals surface area (Å²) in [6.45, 7) is 3.09. The van der Waals surface area contributed by atoms with E-state index >= 15 is 0 Å². The largest absolute Gasteiger partial charge is 0.497 e. The smallest absolute Gasteiger partial charge is 0.279 e. The molecular formula is C21H26N3O4+. The maximum absolute atomic E-state index is 12.5. The first kappa shape index (κ1) is 19.7. The van der Waals surface area contributed by atoms with Crippen molar-refractivity contribution in [2.24, 2.45) is 0 Å². The molecule has 2 aromatic rings. The fraction of sp³-hybridized carbons (Fsp3) is 0.333. The molecule has 1 aliphatic heterocycles. The molecule has 2 aromatic carbocycles. The van der Waals surface area contributed by atoms with E-state index in [4.69, 9.17) is 9.47 Å². The second-order valence-electron chi connectivity index (χ2n) is 6.70. The lowest BCUT2D eigenvalue weighted by Crippen LogP contribution is -3.15. The van der Waals surface area contributed by atoms with Crippen molar-refractivity contribution >= 4 is 17.5 Å². The molecule has 0 aromatic heterocycles. The van der Waals surface area contributed by atoms with E-state index in [0.29, 0.717) is 42.4 Å². The van der Waals surface area contributed by atoms with Gasteiger partial charge in [0.2, 0.25) is 0 Å². The minimum absolute atomic E-state index is 0.0465. The van der Waals surface area contributed by atoms with Crippen LogP contribution in [0.2, 0.25) is 0 Å². The zero-order valence-electron chi connectivity index (χ0n) is 16.2. The summed E-state index contributed by atoms with van der Waals surface area (Å²) in [7, 11) is 3.14. The Kier molecular flexibility index (Phi) is 6.49. The van der Waals surface area contributed by atoms with Gasteiger partial charge in [0.1, 0.15) is 11.5 Å².